The summed E-state index contributed by atoms with van der Waals surface area (Å²) >= 11 is 4.59. The number of esters is 1. The van der Waals surface area contributed by atoms with Gasteiger partial charge in [0.2, 0.25) is 0 Å². The van der Waals surface area contributed by atoms with Crippen molar-refractivity contribution in [3.63, 3.8) is 0 Å². The molecule has 112 valence electrons. The Morgan fingerprint density at radius 1 is 1.36 bits per heavy atom. The molecule has 0 radical (unpaired) electrons. The van der Waals surface area contributed by atoms with Gasteiger partial charge in [0.15, 0.2) is 0 Å². The standard InChI is InChI=1S/C15H11BrN2O3S/c1-9-2-5-13-17-10(6-14(19)18(13)7-9)8-21-15(20)11-3-4-12(16)22-11/h2-7H,8H2,1H3. The predicted octanol–water partition coefficient (Wildman–Crippen LogP) is 3.18. The molecule has 0 unspecified atom stereocenters. The van der Waals surface area contributed by atoms with Crippen LogP contribution in [0.15, 0.2) is 45.1 Å². The Hall–Kier alpha value is -1.99. The monoisotopic (exact) mass is 378 g/mol. The second-order valence-electron chi connectivity index (χ2n) is 4.70. The fourth-order valence-electron chi connectivity index (χ4n) is 1.97. The van der Waals surface area contributed by atoms with E-state index in [2.05, 4.69) is 20.9 Å². The van der Waals surface area contributed by atoms with Crippen molar-refractivity contribution >= 4 is 38.9 Å². The van der Waals surface area contributed by atoms with Crippen LogP contribution in [0.2, 0.25) is 0 Å². The van der Waals surface area contributed by atoms with Gasteiger partial charge in [0.05, 0.1) is 9.48 Å². The zero-order chi connectivity index (χ0) is 15.7. The smallest absolute Gasteiger partial charge is 0.348 e. The van der Waals surface area contributed by atoms with Gasteiger partial charge < -0.3 is 4.74 Å². The maximum absolute atomic E-state index is 12.0. The van der Waals surface area contributed by atoms with Crippen LogP contribution in [0.25, 0.3) is 5.65 Å². The topological polar surface area (TPSA) is 60.7 Å². The highest BCUT2D eigenvalue weighted by Crippen LogP contribution is 2.22. The van der Waals surface area contributed by atoms with E-state index in [1.165, 1.54) is 21.8 Å². The minimum Gasteiger partial charge on any atom is -0.455 e. The Kier molecular flexibility index (Phi) is 4.08. The first-order valence-electron chi connectivity index (χ1n) is 6.44. The lowest BCUT2D eigenvalue weighted by Gasteiger charge is -2.05. The SMILES string of the molecule is Cc1ccc2nc(COC(=O)c3ccc(Br)s3)cc(=O)n2c1. The summed E-state index contributed by atoms with van der Waals surface area (Å²) in [6, 6.07) is 8.48. The Morgan fingerprint density at radius 3 is 2.91 bits per heavy atom. The number of fused-ring (bicyclic) bond motifs is 1. The highest BCUT2D eigenvalue weighted by Gasteiger charge is 2.11. The first-order valence-corrected chi connectivity index (χ1v) is 8.05. The van der Waals surface area contributed by atoms with E-state index in [1.807, 2.05) is 13.0 Å². The number of hydrogen-bond acceptors (Lipinski definition) is 5. The van der Waals surface area contributed by atoms with Gasteiger partial charge in [0.1, 0.15) is 17.1 Å². The first-order chi connectivity index (χ1) is 10.5. The number of thiophene rings is 1. The van der Waals surface area contributed by atoms with Crippen molar-refractivity contribution in [3.05, 3.63) is 66.8 Å². The molecule has 7 heteroatoms. The van der Waals surface area contributed by atoms with Gasteiger partial charge in [-0.15, -0.1) is 11.3 Å². The largest absolute Gasteiger partial charge is 0.455 e. The van der Waals surface area contributed by atoms with Crippen LogP contribution in [0, 0.1) is 6.92 Å². The molecule has 0 amide bonds. The van der Waals surface area contributed by atoms with Crippen molar-refractivity contribution in [1.29, 1.82) is 0 Å². The number of pyridine rings is 1. The maximum atomic E-state index is 12.0. The maximum Gasteiger partial charge on any atom is 0.348 e. The molecule has 0 spiro atoms. The van der Waals surface area contributed by atoms with Crippen LogP contribution in [-0.2, 0) is 11.3 Å². The average molecular weight is 379 g/mol. The molecule has 5 nitrogen and oxygen atoms in total. The van der Waals surface area contributed by atoms with Crippen LogP contribution < -0.4 is 5.56 Å². The summed E-state index contributed by atoms with van der Waals surface area (Å²) in [5, 5.41) is 0. The van der Waals surface area contributed by atoms with E-state index < -0.39 is 5.97 Å². The van der Waals surface area contributed by atoms with Crippen molar-refractivity contribution in [3.8, 4) is 0 Å². The van der Waals surface area contributed by atoms with E-state index in [4.69, 9.17) is 4.74 Å². The zero-order valence-electron chi connectivity index (χ0n) is 11.6. The fraction of sp³-hybridized carbons (Fsp3) is 0.133. The van der Waals surface area contributed by atoms with Gasteiger partial charge in [-0.2, -0.15) is 0 Å². The van der Waals surface area contributed by atoms with Gasteiger partial charge in [0, 0.05) is 12.3 Å². The molecule has 0 fully saturated rings. The molecule has 0 aliphatic rings. The zero-order valence-corrected chi connectivity index (χ0v) is 14.0. The number of hydrogen-bond donors (Lipinski definition) is 0. The van der Waals surface area contributed by atoms with Gasteiger partial charge in [-0.1, -0.05) is 6.07 Å². The Bertz CT molecular complexity index is 917. The van der Waals surface area contributed by atoms with E-state index in [0.29, 0.717) is 16.2 Å². The number of carbonyl (C=O) groups excluding carboxylic acids is 1. The third-order valence-corrected chi connectivity index (χ3v) is 4.59. The summed E-state index contributed by atoms with van der Waals surface area (Å²) in [6.07, 6.45) is 1.73. The Morgan fingerprint density at radius 2 is 2.18 bits per heavy atom. The van der Waals surface area contributed by atoms with Gasteiger partial charge in [-0.05, 0) is 46.6 Å². The minimum atomic E-state index is -0.429. The Labute approximate surface area is 138 Å². The van der Waals surface area contributed by atoms with Crippen LogP contribution in [0.5, 0.6) is 0 Å². The lowest BCUT2D eigenvalue weighted by atomic mass is 10.3. The molecule has 3 heterocycles. The minimum absolute atomic E-state index is 0.0338. The summed E-state index contributed by atoms with van der Waals surface area (Å²) in [5.74, 6) is -0.429. The van der Waals surface area contributed by atoms with E-state index in [-0.39, 0.29) is 12.2 Å². The van der Waals surface area contributed by atoms with Crippen molar-refractivity contribution in [1.82, 2.24) is 9.38 Å². The molecule has 0 aliphatic heterocycles. The molecule has 3 aromatic heterocycles. The molecule has 0 bridgehead atoms. The van der Waals surface area contributed by atoms with E-state index in [1.54, 1.807) is 24.4 Å². The van der Waals surface area contributed by atoms with Crippen LogP contribution in [0.1, 0.15) is 20.9 Å². The van der Waals surface area contributed by atoms with Crippen LogP contribution in [0.4, 0.5) is 0 Å². The molecule has 0 aromatic carbocycles. The van der Waals surface area contributed by atoms with E-state index in [9.17, 15) is 9.59 Å². The summed E-state index contributed by atoms with van der Waals surface area (Å²) in [7, 11) is 0. The summed E-state index contributed by atoms with van der Waals surface area (Å²) in [4.78, 5) is 28.8. The summed E-state index contributed by atoms with van der Waals surface area (Å²) < 4.78 is 7.52. The highest BCUT2D eigenvalue weighted by molar-refractivity contribution is 9.11. The predicted molar refractivity (Wildman–Crippen MR) is 87.3 cm³/mol. The van der Waals surface area contributed by atoms with Gasteiger partial charge in [-0.25, -0.2) is 9.78 Å². The molecule has 0 aliphatic carbocycles. The number of ether oxygens (including phenoxy) is 1. The molecule has 3 rings (SSSR count). The first kappa shape index (κ1) is 14.9. The molecule has 0 saturated carbocycles. The summed E-state index contributed by atoms with van der Waals surface area (Å²) in [5.41, 5.74) is 1.73. The van der Waals surface area contributed by atoms with Crippen molar-refractivity contribution in [2.45, 2.75) is 13.5 Å². The molecule has 22 heavy (non-hydrogen) atoms. The number of rotatable bonds is 3. The van der Waals surface area contributed by atoms with E-state index in [0.717, 1.165) is 9.35 Å². The van der Waals surface area contributed by atoms with Gasteiger partial charge in [0.25, 0.3) is 5.56 Å². The number of halogens is 1. The number of carbonyl (C=O) groups is 1. The third kappa shape index (κ3) is 3.10. The molecule has 0 N–H and O–H groups in total. The van der Waals surface area contributed by atoms with Crippen molar-refractivity contribution < 1.29 is 9.53 Å². The lowest BCUT2D eigenvalue weighted by molar-refractivity contribution is 0.0473. The number of aromatic nitrogens is 2. The van der Waals surface area contributed by atoms with Crippen LogP contribution >= 0.6 is 27.3 Å². The average Bonchev–Trinajstić information content (AvgIpc) is 2.92. The van der Waals surface area contributed by atoms with E-state index >= 15 is 0 Å². The second-order valence-corrected chi connectivity index (χ2v) is 7.16. The molecule has 0 saturated heterocycles. The lowest BCUT2D eigenvalue weighted by Crippen LogP contribution is -2.16. The molecule has 3 aromatic rings. The van der Waals surface area contributed by atoms with Gasteiger partial charge in [-0.3, -0.25) is 9.20 Å². The van der Waals surface area contributed by atoms with Crippen molar-refractivity contribution in [2.75, 3.05) is 0 Å². The van der Waals surface area contributed by atoms with Crippen LogP contribution in [0.3, 0.4) is 0 Å². The fourth-order valence-corrected chi connectivity index (χ4v) is 3.25. The highest BCUT2D eigenvalue weighted by atomic mass is 79.9. The Balaban J connectivity index is 1.81. The number of nitrogens with zero attached hydrogens (tertiary/aromatic N) is 2. The van der Waals surface area contributed by atoms with Gasteiger partial charge >= 0.3 is 5.97 Å². The number of aryl methyl sites for hydroxylation is 1. The second kappa shape index (κ2) is 6.02. The molecular formula is C15H11BrN2O3S. The van der Waals surface area contributed by atoms with Crippen LogP contribution in [-0.4, -0.2) is 15.4 Å². The normalized spacial score (nSPS) is 10.8. The molecule has 0 atom stereocenters. The molecular weight excluding hydrogens is 368 g/mol. The third-order valence-electron chi connectivity index (χ3n) is 2.99. The quantitative estimate of drug-likeness (QED) is 0.656. The van der Waals surface area contributed by atoms with Crippen molar-refractivity contribution in [2.24, 2.45) is 0 Å². The summed E-state index contributed by atoms with van der Waals surface area (Å²) in [6.45, 7) is 1.87.